The topological polar surface area (TPSA) is 75.3 Å². The van der Waals surface area contributed by atoms with E-state index in [-0.39, 0.29) is 12.3 Å². The number of carbonyl (C=O) groups is 1. The molecule has 2 saturated heterocycles. The lowest BCUT2D eigenvalue weighted by molar-refractivity contribution is -0.124. The summed E-state index contributed by atoms with van der Waals surface area (Å²) < 4.78 is 27.6. The maximum Gasteiger partial charge on any atom is 0.240 e. The Bertz CT molecular complexity index is 948. The minimum Gasteiger partial charge on any atom is -0.354 e. The summed E-state index contributed by atoms with van der Waals surface area (Å²) in [7, 11) is -3.59. The Morgan fingerprint density at radius 2 is 1.85 bits per heavy atom. The van der Waals surface area contributed by atoms with Crippen molar-refractivity contribution in [2.24, 2.45) is 0 Å². The molecule has 5 nitrogen and oxygen atoms in total. The molecule has 1 amide bonds. The first kappa shape index (κ1) is 17.7. The molecule has 2 fully saturated rings. The number of hydrogen-bond donors (Lipinski definition) is 2. The van der Waals surface area contributed by atoms with Crippen molar-refractivity contribution in [2.45, 2.75) is 34.6 Å². The van der Waals surface area contributed by atoms with Gasteiger partial charge in [0.1, 0.15) is 5.54 Å². The van der Waals surface area contributed by atoms with Crippen molar-refractivity contribution >= 4 is 31.7 Å². The molecule has 3 unspecified atom stereocenters. The fourth-order valence-corrected chi connectivity index (χ4v) is 6.38. The molecular weight excluding hydrogens is 416 g/mol. The Balaban J connectivity index is 1.80. The van der Waals surface area contributed by atoms with E-state index in [9.17, 15) is 13.2 Å². The van der Waals surface area contributed by atoms with Gasteiger partial charge in [-0.1, -0.05) is 46.3 Å². The van der Waals surface area contributed by atoms with Crippen molar-refractivity contribution in [3.63, 3.8) is 0 Å². The normalized spacial score (nSPS) is 28.4. The number of rotatable bonds is 3. The number of carbonyl (C=O) groups excluding carboxylic acids is 1. The van der Waals surface area contributed by atoms with Crippen molar-refractivity contribution < 1.29 is 13.2 Å². The predicted molar refractivity (Wildman–Crippen MR) is 102 cm³/mol. The van der Waals surface area contributed by atoms with Gasteiger partial charge in [0.15, 0.2) is 9.84 Å². The third-order valence-corrected chi connectivity index (χ3v) is 7.96. The summed E-state index contributed by atoms with van der Waals surface area (Å²) in [4.78, 5) is 12.8. The quantitative estimate of drug-likeness (QED) is 0.778. The van der Waals surface area contributed by atoms with Crippen LogP contribution in [0.4, 0.5) is 0 Å². The Morgan fingerprint density at radius 1 is 1.08 bits per heavy atom. The van der Waals surface area contributed by atoms with Gasteiger partial charge in [-0.3, -0.25) is 10.1 Å². The fraction of sp³-hybridized carbons (Fsp3) is 0.316. The van der Waals surface area contributed by atoms with Crippen molar-refractivity contribution in [3.05, 3.63) is 64.6 Å². The highest BCUT2D eigenvalue weighted by Crippen LogP contribution is 2.43. The average molecular weight is 435 g/mol. The number of benzene rings is 2. The molecule has 1 spiro atoms. The highest BCUT2D eigenvalue weighted by molar-refractivity contribution is 9.10. The summed E-state index contributed by atoms with van der Waals surface area (Å²) >= 11 is 3.45. The largest absolute Gasteiger partial charge is 0.354 e. The van der Waals surface area contributed by atoms with E-state index in [1.165, 1.54) is 0 Å². The Morgan fingerprint density at radius 3 is 2.50 bits per heavy atom. The van der Waals surface area contributed by atoms with Crippen LogP contribution < -0.4 is 10.6 Å². The number of amides is 1. The van der Waals surface area contributed by atoms with Crippen molar-refractivity contribution in [2.75, 3.05) is 6.54 Å². The summed E-state index contributed by atoms with van der Waals surface area (Å²) in [5.74, 6) is -0.108. The molecule has 0 aromatic heterocycles. The van der Waals surface area contributed by atoms with Crippen LogP contribution in [0.3, 0.4) is 0 Å². The second kappa shape index (κ2) is 6.48. The molecule has 0 saturated carbocycles. The minimum atomic E-state index is -3.59. The molecule has 0 radical (unpaired) electrons. The minimum absolute atomic E-state index is 0.108. The molecule has 2 aromatic rings. The van der Waals surface area contributed by atoms with Gasteiger partial charge in [-0.05, 0) is 42.7 Å². The number of hydrogen-bond acceptors (Lipinski definition) is 4. The third-order valence-electron chi connectivity index (χ3n) is 5.30. The first-order valence-electron chi connectivity index (χ1n) is 8.53. The summed E-state index contributed by atoms with van der Waals surface area (Å²) in [5, 5.41) is 5.51. The van der Waals surface area contributed by atoms with Crippen molar-refractivity contribution in [1.82, 2.24) is 10.6 Å². The van der Waals surface area contributed by atoms with Crippen molar-refractivity contribution in [3.8, 4) is 0 Å². The molecule has 136 valence electrons. The number of sulfone groups is 1. The van der Waals surface area contributed by atoms with Crippen LogP contribution in [0.25, 0.3) is 0 Å². The van der Waals surface area contributed by atoms with E-state index in [0.717, 1.165) is 10.0 Å². The molecule has 26 heavy (non-hydrogen) atoms. The molecular formula is C19H19BrN2O3S. The monoisotopic (exact) mass is 434 g/mol. The van der Waals surface area contributed by atoms with E-state index in [1.54, 1.807) is 30.3 Å². The SMILES string of the molecule is O=C1NCCC12CC(S(=O)(=O)c1ccccc1)C(c1cccc(Br)c1)N2. The summed E-state index contributed by atoms with van der Waals surface area (Å²) in [5.41, 5.74) is 0.0416. The number of halogens is 1. The van der Waals surface area contributed by atoms with Crippen LogP contribution in [0.2, 0.25) is 0 Å². The van der Waals surface area contributed by atoms with Crippen molar-refractivity contribution in [1.29, 1.82) is 0 Å². The fourth-order valence-electron chi connectivity index (χ4n) is 3.99. The first-order valence-corrected chi connectivity index (χ1v) is 10.9. The van der Waals surface area contributed by atoms with Crippen LogP contribution in [0, 0.1) is 0 Å². The highest BCUT2D eigenvalue weighted by atomic mass is 79.9. The second-order valence-corrected chi connectivity index (χ2v) is 9.95. The molecule has 3 atom stereocenters. The van der Waals surface area contributed by atoms with Crippen LogP contribution in [0.5, 0.6) is 0 Å². The van der Waals surface area contributed by atoms with E-state index in [4.69, 9.17) is 0 Å². The maximum atomic E-state index is 13.4. The second-order valence-electron chi connectivity index (χ2n) is 6.87. The van der Waals surface area contributed by atoms with Crippen LogP contribution in [-0.4, -0.2) is 31.7 Å². The molecule has 2 aliphatic rings. The molecule has 2 aliphatic heterocycles. The van der Waals surface area contributed by atoms with E-state index < -0.39 is 26.7 Å². The van der Waals surface area contributed by atoms with Gasteiger partial charge in [-0.2, -0.15) is 0 Å². The predicted octanol–water partition coefficient (Wildman–Crippen LogP) is 2.58. The molecule has 0 bridgehead atoms. The van der Waals surface area contributed by atoms with Gasteiger partial charge < -0.3 is 5.32 Å². The van der Waals surface area contributed by atoms with Crippen LogP contribution >= 0.6 is 15.9 Å². The Hall–Kier alpha value is -1.70. The highest BCUT2D eigenvalue weighted by Gasteiger charge is 2.56. The van der Waals surface area contributed by atoms with E-state index in [2.05, 4.69) is 26.6 Å². The lowest BCUT2D eigenvalue weighted by atomic mass is 9.95. The van der Waals surface area contributed by atoms with Gasteiger partial charge in [0, 0.05) is 11.0 Å². The molecule has 2 aromatic carbocycles. The third kappa shape index (κ3) is 2.88. The van der Waals surface area contributed by atoms with Gasteiger partial charge in [0.2, 0.25) is 5.91 Å². The van der Waals surface area contributed by atoms with E-state index in [0.29, 0.717) is 17.9 Å². The lowest BCUT2D eigenvalue weighted by Crippen LogP contribution is -2.47. The molecule has 7 heteroatoms. The summed E-state index contributed by atoms with van der Waals surface area (Å²) in [6, 6.07) is 15.6. The van der Waals surface area contributed by atoms with Crippen LogP contribution in [0.15, 0.2) is 64.0 Å². The van der Waals surface area contributed by atoms with Crippen LogP contribution in [0.1, 0.15) is 24.4 Å². The van der Waals surface area contributed by atoms with Gasteiger partial charge >= 0.3 is 0 Å². The molecule has 4 rings (SSSR count). The zero-order valence-electron chi connectivity index (χ0n) is 14.0. The molecule has 2 heterocycles. The van der Waals surface area contributed by atoms with Gasteiger partial charge in [-0.15, -0.1) is 0 Å². The Labute approximate surface area is 161 Å². The first-order chi connectivity index (χ1) is 12.4. The van der Waals surface area contributed by atoms with Crippen LogP contribution in [-0.2, 0) is 14.6 Å². The zero-order valence-corrected chi connectivity index (χ0v) is 16.4. The lowest BCUT2D eigenvalue weighted by Gasteiger charge is -2.22. The maximum absolute atomic E-state index is 13.4. The zero-order chi connectivity index (χ0) is 18.4. The van der Waals surface area contributed by atoms with E-state index >= 15 is 0 Å². The van der Waals surface area contributed by atoms with E-state index in [1.807, 2.05) is 24.3 Å². The summed E-state index contributed by atoms with van der Waals surface area (Å²) in [6.07, 6.45) is 0.865. The van der Waals surface area contributed by atoms with Gasteiger partial charge in [0.05, 0.1) is 16.2 Å². The molecule has 2 N–H and O–H groups in total. The van der Waals surface area contributed by atoms with Gasteiger partial charge in [0.25, 0.3) is 0 Å². The molecule has 0 aliphatic carbocycles. The van der Waals surface area contributed by atoms with Gasteiger partial charge in [-0.25, -0.2) is 8.42 Å². The number of nitrogens with one attached hydrogen (secondary N) is 2. The summed E-state index contributed by atoms with van der Waals surface area (Å²) in [6.45, 7) is 0.565. The average Bonchev–Trinajstić information content (AvgIpc) is 3.20. The smallest absolute Gasteiger partial charge is 0.240 e. The standard InChI is InChI=1S/C19H19BrN2O3S/c20-14-6-4-5-13(11-14)17-16(12-19(22-17)9-10-21-18(19)23)26(24,25)15-7-2-1-3-8-15/h1-8,11,16-17,22H,9-10,12H2,(H,21,23). The Kier molecular flexibility index (Phi) is 4.41.